The van der Waals surface area contributed by atoms with E-state index in [1.165, 1.54) is 0 Å². The molecule has 0 aromatic heterocycles. The van der Waals surface area contributed by atoms with Gasteiger partial charge in [0.05, 0.1) is 0 Å². The molecule has 2 atom stereocenters. The number of benzene rings is 3. The van der Waals surface area contributed by atoms with Crippen molar-refractivity contribution in [2.75, 3.05) is 11.9 Å². The summed E-state index contributed by atoms with van der Waals surface area (Å²) >= 11 is 0. The summed E-state index contributed by atoms with van der Waals surface area (Å²) in [5.74, 6) is -0.635. The van der Waals surface area contributed by atoms with Gasteiger partial charge >= 0.3 is 6.09 Å². The Balaban J connectivity index is 2.06. The first-order valence-corrected chi connectivity index (χ1v) is 15.8. The van der Waals surface area contributed by atoms with Crippen molar-refractivity contribution in [3.63, 3.8) is 0 Å². The second-order valence-corrected chi connectivity index (χ2v) is 12.5. The van der Waals surface area contributed by atoms with E-state index in [2.05, 4.69) is 17.6 Å². The fraction of sp³-hybridized carbons (Fsp3) is 0.432. The van der Waals surface area contributed by atoms with Gasteiger partial charge in [0.25, 0.3) is 5.91 Å². The highest BCUT2D eigenvalue weighted by Crippen LogP contribution is 2.27. The van der Waals surface area contributed by atoms with Crippen LogP contribution in [0.4, 0.5) is 10.5 Å². The Labute approximate surface area is 263 Å². The number of para-hydroxylation sites is 1. The fourth-order valence-corrected chi connectivity index (χ4v) is 5.18. The lowest BCUT2D eigenvalue weighted by Gasteiger charge is -2.35. The number of hydrogen-bond donors (Lipinski definition) is 2. The molecular formula is C37H49N3O4. The number of amides is 3. The van der Waals surface area contributed by atoms with E-state index in [1.807, 2.05) is 92.7 Å². The van der Waals surface area contributed by atoms with Gasteiger partial charge in [-0.1, -0.05) is 111 Å². The van der Waals surface area contributed by atoms with E-state index < -0.39 is 23.8 Å². The predicted octanol–water partition coefficient (Wildman–Crippen LogP) is 7.92. The van der Waals surface area contributed by atoms with E-state index in [0.29, 0.717) is 17.8 Å². The van der Waals surface area contributed by atoms with Crippen molar-refractivity contribution in [2.45, 2.75) is 97.8 Å². The number of aryl methyl sites for hydroxylation is 2. The molecule has 2 N–H and O–H groups in total. The molecule has 3 rings (SSSR count). The number of carbonyl (C=O) groups is 3. The van der Waals surface area contributed by atoms with Crippen LogP contribution in [0.15, 0.2) is 78.9 Å². The van der Waals surface area contributed by atoms with Gasteiger partial charge in [0, 0.05) is 18.7 Å². The number of carbonyl (C=O) groups excluding carboxylic acids is 3. The Morgan fingerprint density at radius 1 is 0.841 bits per heavy atom. The maximum Gasteiger partial charge on any atom is 0.408 e. The van der Waals surface area contributed by atoms with Crippen LogP contribution in [-0.4, -0.2) is 41.0 Å². The van der Waals surface area contributed by atoms with E-state index in [0.717, 1.165) is 48.8 Å². The van der Waals surface area contributed by atoms with Gasteiger partial charge in [-0.25, -0.2) is 4.79 Å². The van der Waals surface area contributed by atoms with Gasteiger partial charge in [0.15, 0.2) is 0 Å². The summed E-state index contributed by atoms with van der Waals surface area (Å²) in [4.78, 5) is 43.6. The number of alkyl carbamates (subject to hydrolysis) is 1. The maximum atomic E-state index is 14.7. The summed E-state index contributed by atoms with van der Waals surface area (Å²) in [6, 6.07) is 23.0. The van der Waals surface area contributed by atoms with Gasteiger partial charge < -0.3 is 20.3 Å². The summed E-state index contributed by atoms with van der Waals surface area (Å²) < 4.78 is 5.56. The van der Waals surface area contributed by atoms with Crippen molar-refractivity contribution < 1.29 is 19.1 Å². The van der Waals surface area contributed by atoms with Crippen molar-refractivity contribution in [3.05, 3.63) is 101 Å². The van der Waals surface area contributed by atoms with Crippen LogP contribution in [0.25, 0.3) is 0 Å². The molecule has 0 aliphatic carbocycles. The minimum absolute atomic E-state index is 0.255. The monoisotopic (exact) mass is 599 g/mol. The topological polar surface area (TPSA) is 87.7 Å². The third kappa shape index (κ3) is 10.9. The Kier molecular flexibility index (Phi) is 13.0. The second-order valence-electron chi connectivity index (χ2n) is 12.5. The van der Waals surface area contributed by atoms with Crippen molar-refractivity contribution >= 4 is 23.6 Å². The van der Waals surface area contributed by atoms with Crippen molar-refractivity contribution in [1.82, 2.24) is 10.2 Å². The largest absolute Gasteiger partial charge is 0.444 e. The lowest BCUT2D eigenvalue weighted by atomic mass is 9.98. The van der Waals surface area contributed by atoms with E-state index in [9.17, 15) is 14.4 Å². The number of nitrogens with one attached hydrogen (secondary N) is 2. The van der Waals surface area contributed by atoms with E-state index in [-0.39, 0.29) is 18.2 Å². The predicted molar refractivity (Wildman–Crippen MR) is 178 cm³/mol. The zero-order valence-corrected chi connectivity index (χ0v) is 27.2. The van der Waals surface area contributed by atoms with E-state index >= 15 is 0 Å². The van der Waals surface area contributed by atoms with E-state index in [4.69, 9.17) is 4.74 Å². The van der Waals surface area contributed by atoms with Crippen LogP contribution in [0.5, 0.6) is 0 Å². The van der Waals surface area contributed by atoms with Crippen molar-refractivity contribution in [3.8, 4) is 0 Å². The fourth-order valence-electron chi connectivity index (χ4n) is 5.18. The quantitative estimate of drug-likeness (QED) is 0.184. The van der Waals surface area contributed by atoms with Gasteiger partial charge in [0.2, 0.25) is 5.91 Å². The Morgan fingerprint density at radius 2 is 1.52 bits per heavy atom. The first kappa shape index (κ1) is 34.4. The first-order valence-electron chi connectivity index (χ1n) is 15.8. The molecule has 3 aromatic rings. The summed E-state index contributed by atoms with van der Waals surface area (Å²) in [6.45, 7) is 11.8. The summed E-state index contributed by atoms with van der Waals surface area (Å²) in [7, 11) is 0. The summed E-state index contributed by atoms with van der Waals surface area (Å²) in [5, 5.41) is 5.93. The molecule has 236 valence electrons. The van der Waals surface area contributed by atoms with Crippen LogP contribution in [-0.2, 0) is 20.7 Å². The number of hydrogen-bond acceptors (Lipinski definition) is 4. The standard InChI is InChI=1S/C37H49N3O4/c1-7-8-9-10-16-24-40(35(42)32(26-29-20-12-11-13-21-29)39-36(43)44-37(4,5)6)33(30-22-17-18-27(2)25-30)34(41)38-31-23-15-14-19-28(31)3/h11-15,17-23,25,32-33H,7-10,16,24,26H2,1-6H3,(H,38,41)(H,39,43). The second kappa shape index (κ2) is 16.6. The van der Waals surface area contributed by atoms with Crippen LogP contribution in [0, 0.1) is 13.8 Å². The molecule has 7 nitrogen and oxygen atoms in total. The minimum Gasteiger partial charge on any atom is -0.444 e. The lowest BCUT2D eigenvalue weighted by Crippen LogP contribution is -2.53. The Hall–Kier alpha value is -4.13. The smallest absolute Gasteiger partial charge is 0.408 e. The molecule has 0 aliphatic heterocycles. The summed E-state index contributed by atoms with van der Waals surface area (Å²) in [6.07, 6.45) is 4.51. The number of ether oxygens (including phenoxy) is 1. The van der Waals surface area contributed by atoms with Gasteiger partial charge in [0.1, 0.15) is 17.7 Å². The zero-order chi connectivity index (χ0) is 32.1. The van der Waals surface area contributed by atoms with Gasteiger partial charge in [-0.2, -0.15) is 0 Å². The molecule has 0 saturated heterocycles. The number of nitrogens with zero attached hydrogens (tertiary/aromatic N) is 1. The third-order valence-electron chi connectivity index (χ3n) is 7.38. The Bertz CT molecular complexity index is 1370. The molecule has 0 fully saturated rings. The molecule has 0 bridgehead atoms. The van der Waals surface area contributed by atoms with Gasteiger partial charge in [-0.3, -0.25) is 9.59 Å². The van der Waals surface area contributed by atoms with Crippen LogP contribution in [0.1, 0.15) is 88.1 Å². The zero-order valence-electron chi connectivity index (χ0n) is 27.2. The highest BCUT2D eigenvalue weighted by molar-refractivity contribution is 5.99. The van der Waals surface area contributed by atoms with Gasteiger partial charge in [-0.15, -0.1) is 0 Å². The maximum absolute atomic E-state index is 14.7. The minimum atomic E-state index is -0.943. The molecule has 0 aliphatic rings. The molecule has 0 radical (unpaired) electrons. The summed E-state index contributed by atoms with van der Waals surface area (Å²) in [5.41, 5.74) is 3.48. The SMILES string of the molecule is CCCCCCCN(C(=O)C(Cc1ccccc1)NC(=O)OC(C)(C)C)C(C(=O)Nc1ccccc1C)c1cccc(C)c1. The molecule has 7 heteroatoms. The molecule has 3 aromatic carbocycles. The molecule has 0 saturated carbocycles. The molecule has 3 amide bonds. The average Bonchev–Trinajstić information content (AvgIpc) is 2.96. The van der Waals surface area contributed by atoms with Crippen LogP contribution < -0.4 is 10.6 Å². The van der Waals surface area contributed by atoms with Crippen molar-refractivity contribution in [2.24, 2.45) is 0 Å². The first-order chi connectivity index (χ1) is 21.0. The Morgan fingerprint density at radius 3 is 2.18 bits per heavy atom. The van der Waals surface area contributed by atoms with Crippen LogP contribution in [0.3, 0.4) is 0 Å². The van der Waals surface area contributed by atoms with Crippen LogP contribution >= 0.6 is 0 Å². The molecular weight excluding hydrogens is 550 g/mol. The molecule has 0 spiro atoms. The highest BCUT2D eigenvalue weighted by atomic mass is 16.6. The third-order valence-corrected chi connectivity index (χ3v) is 7.38. The highest BCUT2D eigenvalue weighted by Gasteiger charge is 2.36. The van der Waals surface area contributed by atoms with E-state index in [1.54, 1.807) is 25.7 Å². The number of anilines is 1. The van der Waals surface area contributed by atoms with Gasteiger partial charge in [-0.05, 0) is 63.8 Å². The number of rotatable bonds is 14. The number of unbranched alkanes of at least 4 members (excludes halogenated alkanes) is 4. The lowest BCUT2D eigenvalue weighted by molar-refractivity contribution is -0.140. The van der Waals surface area contributed by atoms with Crippen molar-refractivity contribution in [1.29, 1.82) is 0 Å². The average molecular weight is 600 g/mol. The normalized spacial score (nSPS) is 12.6. The molecule has 0 heterocycles. The molecule has 2 unspecified atom stereocenters. The molecule has 44 heavy (non-hydrogen) atoms. The van der Waals surface area contributed by atoms with Crippen LogP contribution in [0.2, 0.25) is 0 Å².